The molecule has 1 aromatic carbocycles. The normalized spacial score (nSPS) is 17.8. The Morgan fingerprint density at radius 2 is 2.05 bits per heavy atom. The highest BCUT2D eigenvalue weighted by molar-refractivity contribution is 6.33. The Balaban J connectivity index is 2.22. The van der Waals surface area contributed by atoms with Crippen molar-refractivity contribution in [3.05, 3.63) is 28.8 Å². The average Bonchev–Trinajstić information content (AvgIpc) is 2.83. The molecule has 2 rings (SSSR count). The summed E-state index contributed by atoms with van der Waals surface area (Å²) in [7, 11) is 0. The molecular weight excluding hydrogens is 258 g/mol. The van der Waals surface area contributed by atoms with Crippen molar-refractivity contribution >= 4 is 23.1 Å². The van der Waals surface area contributed by atoms with E-state index in [-0.39, 0.29) is 5.78 Å². The van der Waals surface area contributed by atoms with Crippen LogP contribution in [-0.2, 0) is 0 Å². The summed E-state index contributed by atoms with van der Waals surface area (Å²) in [5, 5.41) is 0.690. The van der Waals surface area contributed by atoms with Gasteiger partial charge in [-0.15, -0.1) is 0 Å². The van der Waals surface area contributed by atoms with Crippen molar-refractivity contribution in [3.63, 3.8) is 0 Å². The van der Waals surface area contributed by atoms with Crippen molar-refractivity contribution in [3.8, 4) is 0 Å². The van der Waals surface area contributed by atoms with Gasteiger partial charge in [-0.25, -0.2) is 0 Å². The molecule has 1 aromatic rings. The van der Waals surface area contributed by atoms with Crippen LogP contribution in [-0.4, -0.2) is 18.9 Å². The summed E-state index contributed by atoms with van der Waals surface area (Å²) in [6.45, 7) is 8.24. The zero-order valence-corrected chi connectivity index (χ0v) is 12.8. The first-order valence-corrected chi connectivity index (χ1v) is 7.44. The third-order valence-electron chi connectivity index (χ3n) is 4.63. The fourth-order valence-electron chi connectivity index (χ4n) is 2.95. The first-order chi connectivity index (χ1) is 9.01. The standard InChI is InChI=1S/C16H22ClNO/c1-4-16(5-2)8-9-18(11-16)15-7-6-13(12(3)19)10-14(15)17/h6-7,10H,4-5,8-9,11H2,1-3H3. The Morgan fingerprint density at radius 3 is 2.53 bits per heavy atom. The van der Waals surface area contributed by atoms with Gasteiger partial charge in [0.15, 0.2) is 5.78 Å². The maximum absolute atomic E-state index is 11.4. The number of nitrogens with zero attached hydrogens (tertiary/aromatic N) is 1. The van der Waals surface area contributed by atoms with E-state index in [1.54, 1.807) is 13.0 Å². The number of halogens is 1. The lowest BCUT2D eigenvalue weighted by Crippen LogP contribution is -2.26. The number of rotatable bonds is 4. The molecule has 1 saturated heterocycles. The second-order valence-corrected chi connectivity index (χ2v) is 6.01. The zero-order valence-electron chi connectivity index (χ0n) is 12.0. The van der Waals surface area contributed by atoms with Gasteiger partial charge in [-0.3, -0.25) is 4.79 Å². The molecule has 0 amide bonds. The van der Waals surface area contributed by atoms with Gasteiger partial charge in [0, 0.05) is 18.7 Å². The number of ketones is 1. The van der Waals surface area contributed by atoms with Gasteiger partial charge < -0.3 is 4.90 Å². The largest absolute Gasteiger partial charge is 0.370 e. The van der Waals surface area contributed by atoms with Crippen LogP contribution in [0.25, 0.3) is 0 Å². The topological polar surface area (TPSA) is 20.3 Å². The van der Waals surface area contributed by atoms with E-state index >= 15 is 0 Å². The van der Waals surface area contributed by atoms with Gasteiger partial charge in [0.05, 0.1) is 10.7 Å². The molecule has 1 fully saturated rings. The van der Waals surface area contributed by atoms with Crippen LogP contribution >= 0.6 is 11.6 Å². The Labute approximate surface area is 120 Å². The summed E-state index contributed by atoms with van der Waals surface area (Å²) < 4.78 is 0. The summed E-state index contributed by atoms with van der Waals surface area (Å²) in [4.78, 5) is 13.7. The van der Waals surface area contributed by atoms with Crippen LogP contribution in [0.5, 0.6) is 0 Å². The molecule has 104 valence electrons. The second-order valence-electron chi connectivity index (χ2n) is 5.60. The lowest BCUT2D eigenvalue weighted by molar-refractivity contribution is 0.101. The molecule has 0 atom stereocenters. The zero-order chi connectivity index (χ0) is 14.0. The Hall–Kier alpha value is -1.02. The van der Waals surface area contributed by atoms with Crippen LogP contribution in [0.15, 0.2) is 18.2 Å². The maximum Gasteiger partial charge on any atom is 0.159 e. The molecule has 0 unspecified atom stereocenters. The quantitative estimate of drug-likeness (QED) is 0.753. The molecule has 0 aromatic heterocycles. The second kappa shape index (κ2) is 5.54. The number of Topliss-reactive ketones (excluding diaryl/α,β-unsaturated/α-hetero) is 1. The first kappa shape index (κ1) is 14.4. The number of hydrogen-bond acceptors (Lipinski definition) is 2. The lowest BCUT2D eigenvalue weighted by atomic mass is 9.82. The van der Waals surface area contributed by atoms with Crippen molar-refractivity contribution in [2.45, 2.75) is 40.0 Å². The Morgan fingerprint density at radius 1 is 1.37 bits per heavy atom. The Bertz CT molecular complexity index is 480. The summed E-state index contributed by atoms with van der Waals surface area (Å²) in [6, 6.07) is 5.65. The van der Waals surface area contributed by atoms with Crippen molar-refractivity contribution < 1.29 is 4.79 Å². The summed E-state index contributed by atoms with van der Waals surface area (Å²) >= 11 is 6.34. The van der Waals surface area contributed by atoms with E-state index in [2.05, 4.69) is 18.7 Å². The highest BCUT2D eigenvalue weighted by Crippen LogP contribution is 2.40. The monoisotopic (exact) mass is 279 g/mol. The van der Waals surface area contributed by atoms with E-state index in [1.165, 1.54) is 19.3 Å². The molecular formula is C16H22ClNO. The third-order valence-corrected chi connectivity index (χ3v) is 4.94. The molecule has 0 spiro atoms. The molecule has 19 heavy (non-hydrogen) atoms. The van der Waals surface area contributed by atoms with Gasteiger partial charge in [0.25, 0.3) is 0 Å². The van der Waals surface area contributed by atoms with Crippen LogP contribution in [0.1, 0.15) is 50.4 Å². The highest BCUT2D eigenvalue weighted by Gasteiger charge is 2.35. The van der Waals surface area contributed by atoms with E-state index in [4.69, 9.17) is 11.6 Å². The SMILES string of the molecule is CCC1(CC)CCN(c2ccc(C(C)=O)cc2Cl)C1. The molecule has 0 aliphatic carbocycles. The third kappa shape index (κ3) is 2.79. The molecule has 1 aliphatic heterocycles. The van der Waals surface area contributed by atoms with Crippen LogP contribution < -0.4 is 4.90 Å². The van der Waals surface area contributed by atoms with E-state index in [0.717, 1.165) is 18.8 Å². The maximum atomic E-state index is 11.4. The predicted octanol–water partition coefficient (Wildman–Crippen LogP) is 4.56. The van der Waals surface area contributed by atoms with Crippen LogP contribution in [0.4, 0.5) is 5.69 Å². The number of benzene rings is 1. The van der Waals surface area contributed by atoms with E-state index in [1.807, 2.05) is 12.1 Å². The van der Waals surface area contributed by atoms with Crippen molar-refractivity contribution in [1.82, 2.24) is 0 Å². The van der Waals surface area contributed by atoms with Crippen molar-refractivity contribution in [2.24, 2.45) is 5.41 Å². The fraction of sp³-hybridized carbons (Fsp3) is 0.562. The van der Waals surface area contributed by atoms with E-state index in [9.17, 15) is 4.79 Å². The molecule has 1 aliphatic rings. The minimum Gasteiger partial charge on any atom is -0.370 e. The molecule has 3 heteroatoms. The van der Waals surface area contributed by atoms with Gasteiger partial charge in [-0.1, -0.05) is 25.4 Å². The molecule has 0 N–H and O–H groups in total. The van der Waals surface area contributed by atoms with Gasteiger partial charge in [0.1, 0.15) is 0 Å². The van der Waals surface area contributed by atoms with Crippen LogP contribution in [0.2, 0.25) is 5.02 Å². The fourth-order valence-corrected chi connectivity index (χ4v) is 3.25. The van der Waals surface area contributed by atoms with Gasteiger partial charge in [0.2, 0.25) is 0 Å². The van der Waals surface area contributed by atoms with Gasteiger partial charge >= 0.3 is 0 Å². The van der Waals surface area contributed by atoms with E-state index < -0.39 is 0 Å². The van der Waals surface area contributed by atoms with Gasteiger partial charge in [-0.2, -0.15) is 0 Å². The Kier molecular flexibility index (Phi) is 4.19. The minimum atomic E-state index is 0.0614. The highest BCUT2D eigenvalue weighted by atomic mass is 35.5. The molecule has 2 nitrogen and oxygen atoms in total. The summed E-state index contributed by atoms with van der Waals surface area (Å²) in [5.41, 5.74) is 2.18. The predicted molar refractivity (Wildman–Crippen MR) is 81.3 cm³/mol. The molecule has 0 radical (unpaired) electrons. The van der Waals surface area contributed by atoms with E-state index in [0.29, 0.717) is 16.0 Å². The molecule has 1 heterocycles. The molecule has 0 bridgehead atoms. The number of hydrogen-bond donors (Lipinski definition) is 0. The number of carbonyl (C=O) groups excluding carboxylic acids is 1. The first-order valence-electron chi connectivity index (χ1n) is 7.07. The lowest BCUT2D eigenvalue weighted by Gasteiger charge is -2.27. The number of carbonyl (C=O) groups is 1. The van der Waals surface area contributed by atoms with Crippen LogP contribution in [0, 0.1) is 5.41 Å². The number of anilines is 1. The smallest absolute Gasteiger partial charge is 0.159 e. The molecule has 0 saturated carbocycles. The minimum absolute atomic E-state index is 0.0614. The van der Waals surface area contributed by atoms with Crippen molar-refractivity contribution in [2.75, 3.05) is 18.0 Å². The van der Waals surface area contributed by atoms with Crippen LogP contribution in [0.3, 0.4) is 0 Å². The summed E-state index contributed by atoms with van der Waals surface area (Å²) in [6.07, 6.45) is 3.65. The van der Waals surface area contributed by atoms with Gasteiger partial charge in [-0.05, 0) is 49.8 Å². The van der Waals surface area contributed by atoms with Crippen molar-refractivity contribution in [1.29, 1.82) is 0 Å². The average molecular weight is 280 g/mol. The summed E-state index contributed by atoms with van der Waals surface area (Å²) in [5.74, 6) is 0.0614.